The Labute approximate surface area is 148 Å². The number of amidine groups is 1. The van der Waals surface area contributed by atoms with Crippen LogP contribution in [0.2, 0.25) is 5.02 Å². The number of amides is 1. The molecule has 10 heteroatoms. The van der Waals surface area contributed by atoms with Crippen LogP contribution in [0.5, 0.6) is 0 Å². The predicted octanol–water partition coefficient (Wildman–Crippen LogP) is 4.42. The van der Waals surface area contributed by atoms with Crippen LogP contribution in [-0.4, -0.2) is 21.8 Å². The van der Waals surface area contributed by atoms with Crippen LogP contribution in [-0.2, 0) is 17.4 Å². The molecule has 1 aliphatic heterocycles. The van der Waals surface area contributed by atoms with Crippen molar-refractivity contribution in [1.29, 1.82) is 5.41 Å². The van der Waals surface area contributed by atoms with Gasteiger partial charge in [0.15, 0.2) is 10.3 Å². The van der Waals surface area contributed by atoms with Crippen molar-refractivity contribution in [3.05, 3.63) is 45.4 Å². The van der Waals surface area contributed by atoms with E-state index in [1.807, 2.05) is 0 Å². The van der Waals surface area contributed by atoms with Crippen molar-refractivity contribution in [3.8, 4) is 0 Å². The Balaban J connectivity index is 1.83. The van der Waals surface area contributed by atoms with Crippen molar-refractivity contribution in [1.82, 2.24) is 4.98 Å². The lowest BCUT2D eigenvalue weighted by molar-refractivity contribution is -0.137. The Morgan fingerprint density at radius 1 is 1.38 bits per heavy atom. The lowest BCUT2D eigenvalue weighted by Gasteiger charge is -2.11. The van der Waals surface area contributed by atoms with Crippen LogP contribution in [0.15, 0.2) is 24.4 Å². The Morgan fingerprint density at radius 3 is 2.75 bits per heavy atom. The molecule has 1 saturated heterocycles. The molecule has 24 heavy (non-hydrogen) atoms. The van der Waals surface area contributed by atoms with E-state index in [1.54, 1.807) is 0 Å². The summed E-state index contributed by atoms with van der Waals surface area (Å²) < 4.78 is 38.7. The number of thioether (sulfide) groups is 1. The number of halogens is 4. The molecule has 0 saturated carbocycles. The minimum absolute atomic E-state index is 0.103. The van der Waals surface area contributed by atoms with Crippen molar-refractivity contribution in [2.45, 2.75) is 12.6 Å². The molecule has 1 fully saturated rings. The molecule has 126 valence electrons. The number of hydrogen-bond donors (Lipinski definition) is 1. The highest BCUT2D eigenvalue weighted by Gasteiger charge is 2.33. The van der Waals surface area contributed by atoms with Gasteiger partial charge in [-0.15, -0.1) is 11.3 Å². The standard InChI is InChI=1S/C14H9ClF3N3OS2/c15-10-2-1-7(4-9(10)14(16,17)18)3-8-5-20-13(24-8)21-11(22)6-23-12(21)19/h1-2,4-5,19H,3,6H2. The van der Waals surface area contributed by atoms with E-state index >= 15 is 0 Å². The number of carbonyl (C=O) groups excluding carboxylic acids is 1. The molecule has 0 atom stereocenters. The molecular formula is C14H9ClF3N3OS2. The number of anilines is 1. The van der Waals surface area contributed by atoms with E-state index in [0.717, 1.165) is 17.8 Å². The zero-order chi connectivity index (χ0) is 17.5. The molecule has 0 radical (unpaired) electrons. The minimum atomic E-state index is -4.51. The number of aromatic nitrogens is 1. The summed E-state index contributed by atoms with van der Waals surface area (Å²) in [7, 11) is 0. The maximum Gasteiger partial charge on any atom is 0.417 e. The van der Waals surface area contributed by atoms with Gasteiger partial charge in [0.25, 0.3) is 0 Å². The fourth-order valence-electron chi connectivity index (χ4n) is 2.15. The molecule has 3 rings (SSSR count). The minimum Gasteiger partial charge on any atom is -0.278 e. The molecule has 0 aliphatic carbocycles. The van der Waals surface area contributed by atoms with Crippen LogP contribution in [0.1, 0.15) is 16.0 Å². The van der Waals surface area contributed by atoms with Crippen molar-refractivity contribution >= 4 is 50.9 Å². The first-order valence-electron chi connectivity index (χ1n) is 6.60. The van der Waals surface area contributed by atoms with E-state index in [9.17, 15) is 18.0 Å². The highest BCUT2D eigenvalue weighted by Crippen LogP contribution is 2.36. The molecule has 4 nitrogen and oxygen atoms in total. The molecular weight excluding hydrogens is 383 g/mol. The number of nitrogens with one attached hydrogen (secondary N) is 1. The number of carbonyl (C=O) groups is 1. The van der Waals surface area contributed by atoms with Gasteiger partial charge in [-0.2, -0.15) is 13.2 Å². The fourth-order valence-corrected chi connectivity index (χ4v) is 4.11. The average molecular weight is 392 g/mol. The zero-order valence-corrected chi connectivity index (χ0v) is 14.2. The summed E-state index contributed by atoms with van der Waals surface area (Å²) in [6.45, 7) is 0. The van der Waals surface area contributed by atoms with Gasteiger partial charge in [-0.1, -0.05) is 29.4 Å². The summed E-state index contributed by atoms with van der Waals surface area (Å²) in [6, 6.07) is 3.76. The topological polar surface area (TPSA) is 57.1 Å². The quantitative estimate of drug-likeness (QED) is 0.842. The molecule has 2 aromatic rings. The molecule has 0 spiro atoms. The molecule has 1 N–H and O–H groups in total. The Kier molecular flexibility index (Phi) is 4.58. The normalized spacial score (nSPS) is 15.4. The molecule has 1 amide bonds. The molecule has 1 aromatic carbocycles. The predicted molar refractivity (Wildman–Crippen MR) is 89.0 cm³/mol. The van der Waals surface area contributed by atoms with Crippen LogP contribution >= 0.6 is 34.7 Å². The molecule has 1 aromatic heterocycles. The largest absolute Gasteiger partial charge is 0.417 e. The maximum atomic E-state index is 12.9. The highest BCUT2D eigenvalue weighted by molar-refractivity contribution is 8.15. The molecule has 0 bridgehead atoms. The average Bonchev–Trinajstić information content (AvgIpc) is 3.06. The Bertz CT molecular complexity index is 806. The third-order valence-corrected chi connectivity index (χ3v) is 5.39. The van der Waals surface area contributed by atoms with Gasteiger partial charge < -0.3 is 0 Å². The highest BCUT2D eigenvalue weighted by atomic mass is 35.5. The van der Waals surface area contributed by atoms with Crippen LogP contribution < -0.4 is 4.90 Å². The number of hydrogen-bond acceptors (Lipinski definition) is 5. The van der Waals surface area contributed by atoms with Gasteiger partial charge in [0.05, 0.1) is 16.3 Å². The zero-order valence-electron chi connectivity index (χ0n) is 11.9. The third-order valence-electron chi connectivity index (χ3n) is 3.23. The van der Waals surface area contributed by atoms with Crippen molar-refractivity contribution in [2.24, 2.45) is 0 Å². The van der Waals surface area contributed by atoms with Crippen molar-refractivity contribution in [2.75, 3.05) is 10.7 Å². The monoisotopic (exact) mass is 391 g/mol. The second kappa shape index (κ2) is 6.38. The number of rotatable bonds is 3. The maximum absolute atomic E-state index is 12.9. The third kappa shape index (κ3) is 3.42. The summed E-state index contributed by atoms with van der Waals surface area (Å²) in [5.74, 6) is -0.0309. The van der Waals surface area contributed by atoms with Crippen LogP contribution in [0.25, 0.3) is 0 Å². The lowest BCUT2D eigenvalue weighted by Crippen LogP contribution is -2.28. The molecule has 2 heterocycles. The summed E-state index contributed by atoms with van der Waals surface area (Å²) in [6.07, 6.45) is -2.77. The number of thiazole rings is 1. The summed E-state index contributed by atoms with van der Waals surface area (Å²) in [5, 5.41) is 7.84. The van der Waals surface area contributed by atoms with E-state index in [2.05, 4.69) is 4.98 Å². The summed E-state index contributed by atoms with van der Waals surface area (Å²) in [4.78, 5) is 17.7. The first kappa shape index (κ1) is 17.2. The fraction of sp³-hybridized carbons (Fsp3) is 0.214. The van der Waals surface area contributed by atoms with E-state index < -0.39 is 11.7 Å². The van der Waals surface area contributed by atoms with E-state index in [0.29, 0.717) is 15.6 Å². The van der Waals surface area contributed by atoms with Gasteiger partial charge in [0, 0.05) is 17.5 Å². The van der Waals surface area contributed by atoms with Crippen molar-refractivity contribution < 1.29 is 18.0 Å². The van der Waals surface area contributed by atoms with Gasteiger partial charge in [0.2, 0.25) is 5.91 Å². The van der Waals surface area contributed by atoms with Gasteiger partial charge in [-0.05, 0) is 17.7 Å². The Morgan fingerprint density at radius 2 is 2.12 bits per heavy atom. The van der Waals surface area contributed by atoms with Gasteiger partial charge in [-0.3, -0.25) is 10.2 Å². The summed E-state index contributed by atoms with van der Waals surface area (Å²) in [5.41, 5.74) is -0.432. The van der Waals surface area contributed by atoms with Crippen LogP contribution in [0.3, 0.4) is 0 Å². The summed E-state index contributed by atoms with van der Waals surface area (Å²) >= 11 is 7.90. The molecule has 1 aliphatic rings. The number of benzene rings is 1. The van der Waals surface area contributed by atoms with Crippen LogP contribution in [0, 0.1) is 5.41 Å². The lowest BCUT2D eigenvalue weighted by atomic mass is 10.1. The molecule has 0 unspecified atom stereocenters. The van der Waals surface area contributed by atoms with Gasteiger partial charge in [-0.25, -0.2) is 9.88 Å². The Hall–Kier alpha value is -1.58. The van der Waals surface area contributed by atoms with Gasteiger partial charge >= 0.3 is 6.18 Å². The SMILES string of the molecule is N=C1SCC(=O)N1c1ncc(Cc2ccc(Cl)c(C(F)(F)F)c2)s1. The second-order valence-electron chi connectivity index (χ2n) is 4.92. The number of nitrogens with zero attached hydrogens (tertiary/aromatic N) is 2. The van der Waals surface area contributed by atoms with Crippen LogP contribution in [0.4, 0.5) is 18.3 Å². The second-order valence-corrected chi connectivity index (χ2v) is 7.39. The first-order valence-corrected chi connectivity index (χ1v) is 8.78. The van der Waals surface area contributed by atoms with E-state index in [4.69, 9.17) is 17.0 Å². The van der Waals surface area contributed by atoms with E-state index in [-0.39, 0.29) is 28.3 Å². The van der Waals surface area contributed by atoms with Crippen molar-refractivity contribution in [3.63, 3.8) is 0 Å². The number of alkyl halides is 3. The van der Waals surface area contributed by atoms with E-state index in [1.165, 1.54) is 34.6 Å². The smallest absolute Gasteiger partial charge is 0.278 e. The first-order chi connectivity index (χ1) is 11.3. The van der Waals surface area contributed by atoms with Gasteiger partial charge in [0.1, 0.15) is 0 Å².